The minimum Gasteiger partial charge on any atom is -0.481 e. The molecule has 0 aliphatic rings. The summed E-state index contributed by atoms with van der Waals surface area (Å²) < 4.78 is 1.60. The molecular weight excluding hydrogens is 196 g/mol. The van der Waals surface area contributed by atoms with Crippen LogP contribution in [0.25, 0.3) is 0 Å². The molecular formula is C9H16N4O2. The van der Waals surface area contributed by atoms with Crippen LogP contribution in [0.2, 0.25) is 0 Å². The second-order valence-corrected chi connectivity index (χ2v) is 3.47. The molecule has 1 aromatic heterocycles. The van der Waals surface area contributed by atoms with Gasteiger partial charge in [-0.3, -0.25) is 9.48 Å². The fourth-order valence-corrected chi connectivity index (χ4v) is 1.40. The number of carbonyl (C=O) groups is 1. The monoisotopic (exact) mass is 212 g/mol. The van der Waals surface area contributed by atoms with Gasteiger partial charge in [0.25, 0.3) is 0 Å². The number of aromatic nitrogens is 3. The highest BCUT2D eigenvalue weighted by atomic mass is 16.4. The van der Waals surface area contributed by atoms with Gasteiger partial charge in [-0.2, -0.15) is 5.10 Å². The Morgan fingerprint density at radius 3 is 2.93 bits per heavy atom. The summed E-state index contributed by atoms with van der Waals surface area (Å²) in [5.41, 5.74) is 5.35. The Hall–Kier alpha value is -1.43. The highest BCUT2D eigenvalue weighted by molar-refractivity contribution is 5.70. The van der Waals surface area contributed by atoms with Gasteiger partial charge in [0.1, 0.15) is 12.2 Å². The first kappa shape index (κ1) is 11.6. The summed E-state index contributed by atoms with van der Waals surface area (Å²) in [6.07, 6.45) is 3.14. The lowest BCUT2D eigenvalue weighted by Crippen LogP contribution is -2.19. The second-order valence-electron chi connectivity index (χ2n) is 3.47. The summed E-state index contributed by atoms with van der Waals surface area (Å²) in [6, 6.07) is 0. The van der Waals surface area contributed by atoms with Crippen molar-refractivity contribution in [3.05, 3.63) is 12.2 Å². The molecule has 0 bridgehead atoms. The quantitative estimate of drug-likeness (QED) is 0.681. The maximum absolute atomic E-state index is 10.9. The van der Waals surface area contributed by atoms with Gasteiger partial charge in [0, 0.05) is 13.5 Å². The van der Waals surface area contributed by atoms with Crippen LogP contribution in [0, 0.1) is 5.92 Å². The Morgan fingerprint density at radius 2 is 2.47 bits per heavy atom. The number of carboxylic acid groups (broad SMARTS) is 1. The minimum absolute atomic E-state index is 0.409. The molecule has 0 radical (unpaired) electrons. The predicted molar refractivity (Wildman–Crippen MR) is 54.1 cm³/mol. The van der Waals surface area contributed by atoms with Crippen LogP contribution in [0.1, 0.15) is 18.7 Å². The molecule has 1 heterocycles. The van der Waals surface area contributed by atoms with Crippen molar-refractivity contribution in [2.75, 3.05) is 6.54 Å². The zero-order valence-corrected chi connectivity index (χ0v) is 8.76. The van der Waals surface area contributed by atoms with Gasteiger partial charge >= 0.3 is 5.97 Å². The Labute approximate surface area is 88.1 Å². The number of hydrogen-bond acceptors (Lipinski definition) is 4. The molecule has 0 amide bonds. The Balaban J connectivity index is 2.59. The standard InChI is InChI=1S/C9H16N4O2/c1-13-8(11-6-12-13)5-7(9(14)15)3-2-4-10/h6-7H,2-5,10H2,1H3,(H,14,15). The van der Waals surface area contributed by atoms with Gasteiger partial charge in [-0.1, -0.05) is 0 Å². The van der Waals surface area contributed by atoms with Crippen LogP contribution >= 0.6 is 0 Å². The third-order valence-corrected chi connectivity index (χ3v) is 2.34. The van der Waals surface area contributed by atoms with E-state index in [1.54, 1.807) is 11.7 Å². The average Bonchev–Trinajstić information content (AvgIpc) is 2.58. The molecule has 1 atom stereocenters. The van der Waals surface area contributed by atoms with E-state index in [1.165, 1.54) is 6.33 Å². The van der Waals surface area contributed by atoms with Crippen molar-refractivity contribution in [2.24, 2.45) is 18.7 Å². The second kappa shape index (κ2) is 5.45. The van der Waals surface area contributed by atoms with Crippen molar-refractivity contribution < 1.29 is 9.90 Å². The van der Waals surface area contributed by atoms with Crippen LogP contribution in [-0.4, -0.2) is 32.4 Å². The maximum atomic E-state index is 10.9. The van der Waals surface area contributed by atoms with E-state index in [1.807, 2.05) is 0 Å². The summed E-state index contributed by atoms with van der Waals surface area (Å²) in [7, 11) is 1.75. The summed E-state index contributed by atoms with van der Waals surface area (Å²) in [4.78, 5) is 14.9. The van der Waals surface area contributed by atoms with Crippen molar-refractivity contribution in [1.82, 2.24) is 14.8 Å². The van der Waals surface area contributed by atoms with Gasteiger partial charge < -0.3 is 10.8 Å². The Kier molecular flexibility index (Phi) is 4.23. The number of carboxylic acids is 1. The molecule has 0 saturated heterocycles. The smallest absolute Gasteiger partial charge is 0.306 e. The van der Waals surface area contributed by atoms with E-state index in [0.29, 0.717) is 25.2 Å². The normalized spacial score (nSPS) is 12.7. The van der Waals surface area contributed by atoms with Gasteiger partial charge in [0.2, 0.25) is 0 Å². The van der Waals surface area contributed by atoms with Crippen LogP contribution in [-0.2, 0) is 18.3 Å². The molecule has 1 unspecified atom stereocenters. The van der Waals surface area contributed by atoms with Crippen molar-refractivity contribution in [2.45, 2.75) is 19.3 Å². The lowest BCUT2D eigenvalue weighted by atomic mass is 9.99. The van der Waals surface area contributed by atoms with Crippen LogP contribution in [0.15, 0.2) is 6.33 Å². The third kappa shape index (κ3) is 3.32. The van der Waals surface area contributed by atoms with E-state index in [9.17, 15) is 4.79 Å². The first-order valence-corrected chi connectivity index (χ1v) is 4.91. The fraction of sp³-hybridized carbons (Fsp3) is 0.667. The lowest BCUT2D eigenvalue weighted by molar-refractivity contribution is -0.142. The van der Waals surface area contributed by atoms with Gasteiger partial charge in [0.05, 0.1) is 5.92 Å². The van der Waals surface area contributed by atoms with Crippen LogP contribution in [0.3, 0.4) is 0 Å². The average molecular weight is 212 g/mol. The number of aryl methyl sites for hydroxylation is 1. The van der Waals surface area contributed by atoms with Crippen molar-refractivity contribution in [1.29, 1.82) is 0 Å². The number of nitrogens with zero attached hydrogens (tertiary/aromatic N) is 3. The molecule has 0 aliphatic heterocycles. The summed E-state index contributed by atoms with van der Waals surface area (Å²) >= 11 is 0. The molecule has 1 rings (SSSR count). The van der Waals surface area contributed by atoms with E-state index in [0.717, 1.165) is 6.42 Å². The zero-order chi connectivity index (χ0) is 11.3. The molecule has 0 aromatic carbocycles. The summed E-state index contributed by atoms with van der Waals surface area (Å²) in [6.45, 7) is 0.516. The summed E-state index contributed by atoms with van der Waals surface area (Å²) in [5, 5.41) is 12.9. The number of aliphatic carboxylic acids is 1. The third-order valence-electron chi connectivity index (χ3n) is 2.34. The van der Waals surface area contributed by atoms with Crippen molar-refractivity contribution in [3.63, 3.8) is 0 Å². The van der Waals surface area contributed by atoms with Crippen LogP contribution in [0.4, 0.5) is 0 Å². The molecule has 6 nitrogen and oxygen atoms in total. The topological polar surface area (TPSA) is 94.0 Å². The number of rotatable bonds is 6. The van der Waals surface area contributed by atoms with E-state index >= 15 is 0 Å². The van der Waals surface area contributed by atoms with Gasteiger partial charge in [-0.25, -0.2) is 4.98 Å². The maximum Gasteiger partial charge on any atom is 0.306 e. The van der Waals surface area contributed by atoms with E-state index < -0.39 is 11.9 Å². The highest BCUT2D eigenvalue weighted by Crippen LogP contribution is 2.12. The molecule has 3 N–H and O–H groups in total. The first-order chi connectivity index (χ1) is 7.15. The predicted octanol–water partition coefficient (Wildman–Crippen LogP) is -0.203. The first-order valence-electron chi connectivity index (χ1n) is 4.91. The molecule has 1 aromatic rings. The molecule has 0 spiro atoms. The SMILES string of the molecule is Cn1ncnc1CC(CCCN)C(=O)O. The molecule has 15 heavy (non-hydrogen) atoms. The molecule has 84 valence electrons. The summed E-state index contributed by atoms with van der Waals surface area (Å²) in [5.74, 6) is -0.526. The number of nitrogens with two attached hydrogens (primary N) is 1. The fourth-order valence-electron chi connectivity index (χ4n) is 1.40. The van der Waals surface area contributed by atoms with E-state index in [-0.39, 0.29) is 0 Å². The lowest BCUT2D eigenvalue weighted by Gasteiger charge is -2.10. The Bertz CT molecular complexity index is 324. The van der Waals surface area contributed by atoms with Crippen molar-refractivity contribution in [3.8, 4) is 0 Å². The number of hydrogen-bond donors (Lipinski definition) is 2. The van der Waals surface area contributed by atoms with Gasteiger partial charge in [-0.05, 0) is 19.4 Å². The van der Waals surface area contributed by atoms with Crippen LogP contribution in [0.5, 0.6) is 0 Å². The van der Waals surface area contributed by atoms with Crippen molar-refractivity contribution >= 4 is 5.97 Å². The minimum atomic E-state index is -0.800. The highest BCUT2D eigenvalue weighted by Gasteiger charge is 2.19. The Morgan fingerprint density at radius 1 is 1.73 bits per heavy atom. The van der Waals surface area contributed by atoms with E-state index in [4.69, 9.17) is 10.8 Å². The molecule has 0 fully saturated rings. The van der Waals surface area contributed by atoms with Gasteiger partial charge in [-0.15, -0.1) is 0 Å². The molecule has 0 aliphatic carbocycles. The largest absolute Gasteiger partial charge is 0.481 e. The molecule has 6 heteroatoms. The van der Waals surface area contributed by atoms with Gasteiger partial charge in [0.15, 0.2) is 0 Å². The molecule has 0 saturated carbocycles. The zero-order valence-electron chi connectivity index (χ0n) is 8.76. The van der Waals surface area contributed by atoms with Crippen LogP contribution < -0.4 is 5.73 Å². The van der Waals surface area contributed by atoms with E-state index in [2.05, 4.69) is 10.1 Å².